The number of hydrogen-bond donors (Lipinski definition) is 1. The van der Waals surface area contributed by atoms with Crippen LogP contribution in [0, 0.1) is 0 Å². The van der Waals surface area contributed by atoms with E-state index in [2.05, 4.69) is 18.4 Å². The molecule has 100 valence electrons. The van der Waals surface area contributed by atoms with Crippen LogP contribution in [0.15, 0.2) is 36.3 Å². The molecule has 1 aromatic heterocycles. The molecule has 0 amide bonds. The van der Waals surface area contributed by atoms with Gasteiger partial charge in [0.2, 0.25) is 5.83 Å². The van der Waals surface area contributed by atoms with E-state index in [1.165, 1.54) is 6.92 Å². The highest BCUT2D eigenvalue weighted by Gasteiger charge is 2.13. The molecule has 0 fully saturated rings. The van der Waals surface area contributed by atoms with Gasteiger partial charge in [-0.25, -0.2) is 4.79 Å². The van der Waals surface area contributed by atoms with Crippen molar-refractivity contribution in [2.24, 2.45) is 0 Å². The first-order valence-corrected chi connectivity index (χ1v) is 6.12. The van der Waals surface area contributed by atoms with E-state index < -0.39 is 11.8 Å². The van der Waals surface area contributed by atoms with Crippen molar-refractivity contribution < 1.29 is 14.3 Å². The predicted octanol–water partition coefficient (Wildman–Crippen LogP) is 4.01. The summed E-state index contributed by atoms with van der Waals surface area (Å²) < 4.78 is 15.5. The van der Waals surface area contributed by atoms with Crippen LogP contribution >= 0.6 is 0 Å². The lowest BCUT2D eigenvalue weighted by Crippen LogP contribution is -1.99. The highest BCUT2D eigenvalue weighted by Crippen LogP contribution is 2.26. The van der Waals surface area contributed by atoms with Crippen molar-refractivity contribution >= 4 is 22.4 Å². The third kappa shape index (κ3) is 2.38. The Morgan fingerprint density at radius 1 is 1.32 bits per heavy atom. The molecule has 0 saturated carbocycles. The highest BCUT2D eigenvalue weighted by molar-refractivity contribution is 5.95. The molecule has 2 aromatic rings. The molecule has 19 heavy (non-hydrogen) atoms. The van der Waals surface area contributed by atoms with Crippen molar-refractivity contribution in [2.75, 3.05) is 0 Å². The Bertz CT molecular complexity index is 668. The van der Waals surface area contributed by atoms with Gasteiger partial charge in [-0.05, 0) is 50.1 Å². The molecular weight excluding hydrogens is 245 g/mol. The first-order chi connectivity index (χ1) is 8.91. The maximum atomic E-state index is 13.4. The standard InChI is InChI=1S/C15H16FNO2/c1-9(2)17-7-6-12-8-11(4-5-13(12)17)10(3)14(16)15(18)19/h4-9H,1-3H3,(H,18,19)/b14-10+. The molecule has 0 atom stereocenters. The number of aliphatic carboxylic acids is 1. The molecule has 1 aromatic carbocycles. The fourth-order valence-electron chi connectivity index (χ4n) is 2.13. The molecule has 0 saturated heterocycles. The van der Waals surface area contributed by atoms with Gasteiger partial charge in [0.25, 0.3) is 0 Å². The topological polar surface area (TPSA) is 42.2 Å². The van der Waals surface area contributed by atoms with Crippen molar-refractivity contribution in [3.63, 3.8) is 0 Å². The molecule has 0 spiro atoms. The Balaban J connectivity index is 2.55. The molecule has 0 bridgehead atoms. The van der Waals surface area contributed by atoms with Crippen molar-refractivity contribution in [3.8, 4) is 0 Å². The summed E-state index contributed by atoms with van der Waals surface area (Å²) in [5.74, 6) is -2.64. The fraction of sp³-hybridized carbons (Fsp3) is 0.267. The first-order valence-electron chi connectivity index (χ1n) is 6.12. The van der Waals surface area contributed by atoms with Gasteiger partial charge in [0, 0.05) is 23.1 Å². The Labute approximate surface area is 111 Å². The molecule has 0 aliphatic carbocycles. The molecule has 0 radical (unpaired) electrons. The Hall–Kier alpha value is -2.10. The highest BCUT2D eigenvalue weighted by atomic mass is 19.1. The summed E-state index contributed by atoms with van der Waals surface area (Å²) >= 11 is 0. The van der Waals surface area contributed by atoms with Crippen LogP contribution in [0.3, 0.4) is 0 Å². The number of fused-ring (bicyclic) bond motifs is 1. The summed E-state index contributed by atoms with van der Waals surface area (Å²) in [5, 5.41) is 9.64. The average molecular weight is 261 g/mol. The number of carboxylic acids is 1. The normalized spacial score (nSPS) is 12.9. The molecule has 3 nitrogen and oxygen atoms in total. The summed E-state index contributed by atoms with van der Waals surface area (Å²) in [4.78, 5) is 10.6. The minimum Gasteiger partial charge on any atom is -0.476 e. The smallest absolute Gasteiger partial charge is 0.365 e. The number of aromatic nitrogens is 1. The molecule has 4 heteroatoms. The molecule has 1 heterocycles. The fourth-order valence-corrected chi connectivity index (χ4v) is 2.13. The second-order valence-electron chi connectivity index (χ2n) is 4.83. The number of allylic oxidation sites excluding steroid dienone is 1. The Morgan fingerprint density at radius 2 is 2.00 bits per heavy atom. The van der Waals surface area contributed by atoms with Crippen molar-refractivity contribution in [1.82, 2.24) is 4.57 Å². The van der Waals surface area contributed by atoms with E-state index in [9.17, 15) is 9.18 Å². The van der Waals surface area contributed by atoms with Crippen LogP contribution in [0.4, 0.5) is 4.39 Å². The third-order valence-corrected chi connectivity index (χ3v) is 3.23. The Morgan fingerprint density at radius 3 is 2.58 bits per heavy atom. The van der Waals surface area contributed by atoms with Gasteiger partial charge in [0.1, 0.15) is 0 Å². The second-order valence-corrected chi connectivity index (χ2v) is 4.83. The minimum atomic E-state index is -1.53. The molecule has 1 N–H and O–H groups in total. The van der Waals surface area contributed by atoms with Gasteiger partial charge in [-0.3, -0.25) is 0 Å². The molecular formula is C15H16FNO2. The second kappa shape index (κ2) is 4.88. The lowest BCUT2D eigenvalue weighted by Gasteiger charge is -2.10. The van der Waals surface area contributed by atoms with Crippen LogP contribution in [0.5, 0.6) is 0 Å². The average Bonchev–Trinajstić information content (AvgIpc) is 2.79. The minimum absolute atomic E-state index is 0.145. The van der Waals surface area contributed by atoms with E-state index in [0.717, 1.165) is 10.9 Å². The third-order valence-electron chi connectivity index (χ3n) is 3.23. The number of rotatable bonds is 3. The SMILES string of the molecule is C/C(=C(\F)C(=O)O)c1ccc2c(ccn2C(C)C)c1. The predicted molar refractivity (Wildman–Crippen MR) is 73.7 cm³/mol. The lowest BCUT2D eigenvalue weighted by atomic mass is 10.0. The van der Waals surface area contributed by atoms with Crippen molar-refractivity contribution in [1.29, 1.82) is 0 Å². The quantitative estimate of drug-likeness (QED) is 0.848. The van der Waals surface area contributed by atoms with E-state index in [0.29, 0.717) is 11.6 Å². The van der Waals surface area contributed by atoms with Gasteiger partial charge in [-0.15, -0.1) is 0 Å². The maximum absolute atomic E-state index is 13.4. The summed E-state index contributed by atoms with van der Waals surface area (Å²) in [6.45, 7) is 5.65. The van der Waals surface area contributed by atoms with E-state index in [1.54, 1.807) is 6.07 Å². The molecule has 2 rings (SSSR count). The largest absolute Gasteiger partial charge is 0.476 e. The van der Waals surface area contributed by atoms with Crippen molar-refractivity contribution in [2.45, 2.75) is 26.8 Å². The van der Waals surface area contributed by atoms with Crippen LogP contribution < -0.4 is 0 Å². The first kappa shape index (κ1) is 13.3. The van der Waals surface area contributed by atoms with Crippen LogP contribution in [-0.2, 0) is 4.79 Å². The zero-order valence-electron chi connectivity index (χ0n) is 11.1. The van der Waals surface area contributed by atoms with Gasteiger partial charge in [-0.2, -0.15) is 4.39 Å². The van der Waals surface area contributed by atoms with Gasteiger partial charge in [0.05, 0.1) is 0 Å². The number of nitrogens with zero attached hydrogens (tertiary/aromatic N) is 1. The number of benzene rings is 1. The summed E-state index contributed by atoms with van der Waals surface area (Å²) in [7, 11) is 0. The van der Waals surface area contributed by atoms with E-state index in [-0.39, 0.29) is 5.57 Å². The molecule has 0 aliphatic rings. The monoisotopic (exact) mass is 261 g/mol. The summed E-state index contributed by atoms with van der Waals surface area (Å²) in [5.41, 5.74) is 1.79. The zero-order chi connectivity index (χ0) is 14.2. The van der Waals surface area contributed by atoms with Crippen LogP contribution in [0.2, 0.25) is 0 Å². The molecule has 0 aliphatic heterocycles. The number of hydrogen-bond acceptors (Lipinski definition) is 1. The van der Waals surface area contributed by atoms with Crippen LogP contribution in [0.1, 0.15) is 32.4 Å². The van der Waals surface area contributed by atoms with Gasteiger partial charge < -0.3 is 9.67 Å². The molecule has 0 unspecified atom stereocenters. The van der Waals surface area contributed by atoms with Crippen LogP contribution in [-0.4, -0.2) is 15.6 Å². The number of carbonyl (C=O) groups is 1. The summed E-state index contributed by atoms with van der Waals surface area (Å²) in [6, 6.07) is 7.75. The van der Waals surface area contributed by atoms with E-state index >= 15 is 0 Å². The summed E-state index contributed by atoms with van der Waals surface area (Å²) in [6.07, 6.45) is 1.98. The van der Waals surface area contributed by atoms with E-state index in [1.807, 2.05) is 24.4 Å². The van der Waals surface area contributed by atoms with Crippen molar-refractivity contribution in [3.05, 3.63) is 41.9 Å². The lowest BCUT2D eigenvalue weighted by molar-refractivity contribution is -0.134. The number of halogens is 1. The van der Waals surface area contributed by atoms with E-state index in [4.69, 9.17) is 5.11 Å². The van der Waals surface area contributed by atoms with Gasteiger partial charge in [0.15, 0.2) is 0 Å². The zero-order valence-corrected chi connectivity index (χ0v) is 11.1. The van der Waals surface area contributed by atoms with Gasteiger partial charge in [-0.1, -0.05) is 6.07 Å². The van der Waals surface area contributed by atoms with Gasteiger partial charge >= 0.3 is 5.97 Å². The Kier molecular flexibility index (Phi) is 3.42. The maximum Gasteiger partial charge on any atom is 0.365 e. The number of carboxylic acid groups (broad SMARTS) is 1. The van der Waals surface area contributed by atoms with Crippen LogP contribution in [0.25, 0.3) is 16.5 Å².